The van der Waals surface area contributed by atoms with Gasteiger partial charge in [0.25, 0.3) is 5.91 Å². The normalized spacial score (nSPS) is 12.3. The first-order valence-electron chi connectivity index (χ1n) is 7.04. The maximum Gasteiger partial charge on any atom is 0.271 e. The topological polar surface area (TPSA) is 46.4 Å². The van der Waals surface area contributed by atoms with Gasteiger partial charge in [-0.25, -0.2) is 9.37 Å². The first-order valence-corrected chi connectivity index (χ1v) is 7.04. The molecule has 3 aromatic rings. The van der Waals surface area contributed by atoms with Crippen LogP contribution in [0.1, 0.15) is 34.6 Å². The van der Waals surface area contributed by atoms with Crippen LogP contribution in [0, 0.1) is 12.7 Å². The van der Waals surface area contributed by atoms with Crippen molar-refractivity contribution in [2.24, 2.45) is 0 Å². The van der Waals surface area contributed by atoms with Crippen molar-refractivity contribution in [2.45, 2.75) is 19.9 Å². The molecule has 4 nitrogen and oxygen atoms in total. The minimum Gasteiger partial charge on any atom is -0.344 e. The predicted molar refractivity (Wildman–Crippen MR) is 82.2 cm³/mol. The summed E-state index contributed by atoms with van der Waals surface area (Å²) in [5, 5.41) is 2.87. The minimum absolute atomic E-state index is 0.223. The maximum atomic E-state index is 12.9. The number of pyridine rings is 1. The van der Waals surface area contributed by atoms with Gasteiger partial charge in [-0.2, -0.15) is 0 Å². The molecule has 0 aliphatic rings. The quantitative estimate of drug-likeness (QED) is 0.806. The lowest BCUT2D eigenvalue weighted by Gasteiger charge is -2.13. The number of hydrogen-bond acceptors (Lipinski definition) is 2. The monoisotopic (exact) mass is 297 g/mol. The number of imidazole rings is 1. The number of rotatable bonds is 3. The smallest absolute Gasteiger partial charge is 0.271 e. The lowest BCUT2D eigenvalue weighted by atomic mass is 10.1. The van der Waals surface area contributed by atoms with E-state index in [9.17, 15) is 9.18 Å². The van der Waals surface area contributed by atoms with Gasteiger partial charge in [-0.05, 0) is 43.2 Å². The molecule has 0 bridgehead atoms. The lowest BCUT2D eigenvalue weighted by Crippen LogP contribution is -2.26. The van der Waals surface area contributed by atoms with E-state index < -0.39 is 0 Å². The summed E-state index contributed by atoms with van der Waals surface area (Å²) in [4.78, 5) is 16.6. The first-order chi connectivity index (χ1) is 10.5. The second-order valence-electron chi connectivity index (χ2n) is 5.34. The number of fused-ring (bicyclic) bond motifs is 1. The summed E-state index contributed by atoms with van der Waals surface area (Å²) in [7, 11) is 0. The van der Waals surface area contributed by atoms with Gasteiger partial charge in [0.2, 0.25) is 0 Å². The van der Waals surface area contributed by atoms with Crippen molar-refractivity contribution < 1.29 is 9.18 Å². The average Bonchev–Trinajstić information content (AvgIpc) is 2.91. The minimum atomic E-state index is -0.294. The Kier molecular flexibility index (Phi) is 3.63. The molecular weight excluding hydrogens is 281 g/mol. The van der Waals surface area contributed by atoms with Gasteiger partial charge in [0.05, 0.1) is 6.04 Å². The number of nitrogens with zero attached hydrogens (tertiary/aromatic N) is 2. The SMILES string of the molecule is Cc1ccc2nc(C(=O)N[C@H](C)c3ccc(F)cc3)cn2c1. The van der Waals surface area contributed by atoms with E-state index in [2.05, 4.69) is 10.3 Å². The van der Waals surface area contributed by atoms with Crippen LogP contribution in [0.15, 0.2) is 48.8 Å². The third-order valence-corrected chi connectivity index (χ3v) is 3.55. The third kappa shape index (κ3) is 2.83. The first kappa shape index (κ1) is 14.3. The van der Waals surface area contributed by atoms with Gasteiger partial charge in [0, 0.05) is 12.4 Å². The molecule has 0 aliphatic heterocycles. The average molecular weight is 297 g/mol. The number of aryl methyl sites for hydroxylation is 1. The lowest BCUT2D eigenvalue weighted by molar-refractivity contribution is 0.0935. The highest BCUT2D eigenvalue weighted by atomic mass is 19.1. The summed E-state index contributed by atoms with van der Waals surface area (Å²) >= 11 is 0. The number of nitrogens with one attached hydrogen (secondary N) is 1. The molecule has 1 atom stereocenters. The third-order valence-electron chi connectivity index (χ3n) is 3.55. The van der Waals surface area contributed by atoms with Gasteiger partial charge in [-0.3, -0.25) is 4.79 Å². The number of carbonyl (C=O) groups is 1. The molecule has 0 unspecified atom stereocenters. The Balaban J connectivity index is 1.79. The van der Waals surface area contributed by atoms with Gasteiger partial charge < -0.3 is 9.72 Å². The number of amides is 1. The molecule has 0 radical (unpaired) electrons. The van der Waals surface area contributed by atoms with E-state index in [0.717, 1.165) is 16.8 Å². The van der Waals surface area contributed by atoms with E-state index in [-0.39, 0.29) is 17.8 Å². The Labute approximate surface area is 127 Å². The number of halogens is 1. The number of hydrogen-bond donors (Lipinski definition) is 1. The van der Waals surface area contributed by atoms with Gasteiger partial charge >= 0.3 is 0 Å². The number of carbonyl (C=O) groups excluding carboxylic acids is 1. The zero-order valence-electron chi connectivity index (χ0n) is 12.4. The van der Waals surface area contributed by atoms with E-state index in [0.29, 0.717) is 5.69 Å². The molecule has 112 valence electrons. The van der Waals surface area contributed by atoms with Crippen molar-refractivity contribution in [1.29, 1.82) is 0 Å². The van der Waals surface area contributed by atoms with Crippen molar-refractivity contribution in [3.05, 3.63) is 71.4 Å². The van der Waals surface area contributed by atoms with Crippen LogP contribution in [0.4, 0.5) is 4.39 Å². The van der Waals surface area contributed by atoms with Crippen LogP contribution in [0.3, 0.4) is 0 Å². The summed E-state index contributed by atoms with van der Waals surface area (Å²) in [6, 6.07) is 9.68. The second-order valence-corrected chi connectivity index (χ2v) is 5.34. The van der Waals surface area contributed by atoms with Crippen molar-refractivity contribution >= 4 is 11.6 Å². The Morgan fingerprint density at radius 2 is 1.91 bits per heavy atom. The molecule has 1 aromatic carbocycles. The molecular formula is C17H16FN3O. The molecule has 1 amide bonds. The Bertz CT molecular complexity index is 824. The molecule has 3 rings (SSSR count). The van der Waals surface area contributed by atoms with Gasteiger partial charge in [0.1, 0.15) is 17.2 Å². The van der Waals surface area contributed by atoms with Gasteiger partial charge in [-0.1, -0.05) is 18.2 Å². The Morgan fingerprint density at radius 1 is 1.18 bits per heavy atom. The standard InChI is InChI=1S/C17H16FN3O/c1-11-3-8-16-20-15(10-21(16)9-11)17(22)19-12(2)13-4-6-14(18)7-5-13/h3-10,12H,1-2H3,(H,19,22)/t12-/m1/s1. The fourth-order valence-electron chi connectivity index (χ4n) is 2.32. The summed E-state index contributed by atoms with van der Waals surface area (Å²) in [5.41, 5.74) is 3.02. The Morgan fingerprint density at radius 3 is 2.64 bits per heavy atom. The summed E-state index contributed by atoms with van der Waals surface area (Å²) in [6.45, 7) is 3.83. The molecule has 0 fully saturated rings. The fraction of sp³-hybridized carbons (Fsp3) is 0.176. The number of benzene rings is 1. The summed E-state index contributed by atoms with van der Waals surface area (Å²) in [5.74, 6) is -0.545. The molecule has 2 heterocycles. The highest BCUT2D eigenvalue weighted by Crippen LogP contribution is 2.14. The predicted octanol–water partition coefficient (Wildman–Crippen LogP) is 3.27. The highest BCUT2D eigenvalue weighted by Gasteiger charge is 2.14. The highest BCUT2D eigenvalue weighted by molar-refractivity contribution is 5.93. The molecule has 0 spiro atoms. The largest absolute Gasteiger partial charge is 0.344 e. The van der Waals surface area contributed by atoms with Crippen LogP contribution in [0.2, 0.25) is 0 Å². The second kappa shape index (κ2) is 5.60. The van der Waals surface area contributed by atoms with Crippen molar-refractivity contribution in [3.63, 3.8) is 0 Å². The number of aromatic nitrogens is 2. The van der Waals surface area contributed by atoms with Crippen molar-refractivity contribution in [1.82, 2.24) is 14.7 Å². The van der Waals surface area contributed by atoms with Gasteiger partial charge in [-0.15, -0.1) is 0 Å². The van der Waals surface area contributed by atoms with Crippen LogP contribution < -0.4 is 5.32 Å². The summed E-state index contributed by atoms with van der Waals surface area (Å²) in [6.07, 6.45) is 3.62. The van der Waals surface area contributed by atoms with E-state index in [1.807, 2.05) is 36.6 Å². The molecule has 0 saturated carbocycles. The van der Waals surface area contributed by atoms with Gasteiger partial charge in [0.15, 0.2) is 0 Å². The molecule has 2 aromatic heterocycles. The summed E-state index contributed by atoms with van der Waals surface area (Å²) < 4.78 is 14.8. The zero-order chi connectivity index (χ0) is 15.7. The van der Waals surface area contributed by atoms with E-state index in [1.54, 1.807) is 18.3 Å². The van der Waals surface area contributed by atoms with Crippen LogP contribution in [-0.4, -0.2) is 15.3 Å². The van der Waals surface area contributed by atoms with Crippen LogP contribution in [0.5, 0.6) is 0 Å². The van der Waals surface area contributed by atoms with E-state index in [1.165, 1.54) is 12.1 Å². The molecule has 1 N–H and O–H groups in total. The van der Waals surface area contributed by atoms with E-state index in [4.69, 9.17) is 0 Å². The molecule has 5 heteroatoms. The van der Waals surface area contributed by atoms with Crippen LogP contribution in [-0.2, 0) is 0 Å². The van der Waals surface area contributed by atoms with E-state index >= 15 is 0 Å². The fourth-order valence-corrected chi connectivity index (χ4v) is 2.32. The maximum absolute atomic E-state index is 12.9. The van der Waals surface area contributed by atoms with Crippen LogP contribution in [0.25, 0.3) is 5.65 Å². The van der Waals surface area contributed by atoms with Crippen LogP contribution >= 0.6 is 0 Å². The molecule has 0 saturated heterocycles. The Hall–Kier alpha value is -2.69. The van der Waals surface area contributed by atoms with Crippen molar-refractivity contribution in [3.8, 4) is 0 Å². The van der Waals surface area contributed by atoms with Crippen molar-refractivity contribution in [2.75, 3.05) is 0 Å². The zero-order valence-corrected chi connectivity index (χ0v) is 12.4. The molecule has 22 heavy (non-hydrogen) atoms. The molecule has 0 aliphatic carbocycles.